The highest BCUT2D eigenvalue weighted by atomic mass is 15.3. The minimum absolute atomic E-state index is 0.503. The van der Waals surface area contributed by atoms with Crippen molar-refractivity contribution in [3.8, 4) is 0 Å². The van der Waals surface area contributed by atoms with Crippen LogP contribution < -0.4 is 9.80 Å². The van der Waals surface area contributed by atoms with Crippen molar-refractivity contribution in [2.75, 3.05) is 29.4 Å². The lowest BCUT2D eigenvalue weighted by Gasteiger charge is -2.39. The van der Waals surface area contributed by atoms with Gasteiger partial charge in [0.05, 0.1) is 6.04 Å². The summed E-state index contributed by atoms with van der Waals surface area (Å²) in [5, 5.41) is 0. The number of aromatic nitrogens is 3. The van der Waals surface area contributed by atoms with Gasteiger partial charge < -0.3 is 9.80 Å². The summed E-state index contributed by atoms with van der Waals surface area (Å²) in [6.45, 7) is 3.18. The number of pyridine rings is 1. The van der Waals surface area contributed by atoms with Gasteiger partial charge in [0.25, 0.3) is 0 Å². The fraction of sp³-hybridized carbons (Fsp3) is 0.438. The molecule has 21 heavy (non-hydrogen) atoms. The number of fused-ring (bicyclic) bond motifs is 1. The lowest BCUT2D eigenvalue weighted by atomic mass is 9.92. The lowest BCUT2D eigenvalue weighted by Crippen LogP contribution is -2.49. The van der Waals surface area contributed by atoms with E-state index in [0.29, 0.717) is 6.04 Å². The summed E-state index contributed by atoms with van der Waals surface area (Å²) in [4.78, 5) is 18.1. The quantitative estimate of drug-likeness (QED) is 0.842. The molecule has 5 heteroatoms. The Kier molecular flexibility index (Phi) is 3.18. The van der Waals surface area contributed by atoms with Crippen molar-refractivity contribution in [2.24, 2.45) is 5.92 Å². The number of anilines is 2. The standard InChI is InChI=1S/C16H19N5/c1-2-7-17-15(4-1)20-10-5-13-6-11-21(14(13)12-20)16-18-8-3-9-19-16/h1-4,7-9,13-14H,5-6,10-12H2. The van der Waals surface area contributed by atoms with Crippen LogP contribution in [0.1, 0.15) is 12.8 Å². The minimum atomic E-state index is 0.503. The van der Waals surface area contributed by atoms with Crippen LogP contribution in [0.15, 0.2) is 42.9 Å². The van der Waals surface area contributed by atoms with E-state index in [2.05, 4.69) is 36.9 Å². The average molecular weight is 281 g/mol. The van der Waals surface area contributed by atoms with Crippen molar-refractivity contribution in [3.05, 3.63) is 42.9 Å². The summed E-state index contributed by atoms with van der Waals surface area (Å²) >= 11 is 0. The first-order valence-corrected chi connectivity index (χ1v) is 7.61. The van der Waals surface area contributed by atoms with Crippen molar-refractivity contribution in [3.63, 3.8) is 0 Å². The van der Waals surface area contributed by atoms with Gasteiger partial charge in [-0.05, 0) is 37.0 Å². The molecule has 2 atom stereocenters. The normalized spacial score (nSPS) is 25.0. The fourth-order valence-electron chi connectivity index (χ4n) is 3.58. The average Bonchev–Trinajstić information content (AvgIpc) is 2.99. The molecule has 0 bridgehead atoms. The fourth-order valence-corrected chi connectivity index (χ4v) is 3.58. The summed E-state index contributed by atoms with van der Waals surface area (Å²) in [6.07, 6.45) is 8.00. The number of hydrogen-bond acceptors (Lipinski definition) is 5. The molecule has 0 spiro atoms. The van der Waals surface area contributed by atoms with Crippen LogP contribution in [-0.2, 0) is 0 Å². The van der Waals surface area contributed by atoms with E-state index in [9.17, 15) is 0 Å². The van der Waals surface area contributed by atoms with Crippen LogP contribution in [0.4, 0.5) is 11.8 Å². The van der Waals surface area contributed by atoms with Gasteiger partial charge in [0.2, 0.25) is 5.95 Å². The second-order valence-electron chi connectivity index (χ2n) is 5.78. The lowest BCUT2D eigenvalue weighted by molar-refractivity contribution is 0.387. The zero-order valence-electron chi connectivity index (χ0n) is 12.0. The molecule has 2 fully saturated rings. The van der Waals surface area contributed by atoms with Crippen molar-refractivity contribution in [1.82, 2.24) is 15.0 Å². The Morgan fingerprint density at radius 1 is 0.905 bits per heavy atom. The highest BCUT2D eigenvalue weighted by Gasteiger charge is 2.39. The molecule has 2 aliphatic rings. The first-order chi connectivity index (χ1) is 10.4. The molecule has 2 unspecified atom stereocenters. The van der Waals surface area contributed by atoms with Gasteiger partial charge in [0, 0.05) is 38.2 Å². The maximum Gasteiger partial charge on any atom is 0.225 e. The molecule has 2 aromatic heterocycles. The highest BCUT2D eigenvalue weighted by molar-refractivity contribution is 5.42. The highest BCUT2D eigenvalue weighted by Crippen LogP contribution is 2.34. The number of nitrogens with zero attached hydrogens (tertiary/aromatic N) is 5. The third-order valence-electron chi connectivity index (χ3n) is 4.64. The van der Waals surface area contributed by atoms with E-state index in [-0.39, 0.29) is 0 Å². The molecule has 0 saturated carbocycles. The second-order valence-corrected chi connectivity index (χ2v) is 5.78. The van der Waals surface area contributed by atoms with E-state index in [4.69, 9.17) is 0 Å². The summed E-state index contributed by atoms with van der Waals surface area (Å²) < 4.78 is 0. The Morgan fingerprint density at radius 2 is 1.71 bits per heavy atom. The Hall–Kier alpha value is -2.17. The third kappa shape index (κ3) is 2.33. The molecule has 2 aliphatic heterocycles. The van der Waals surface area contributed by atoms with E-state index in [1.54, 1.807) is 0 Å². The number of hydrogen-bond donors (Lipinski definition) is 0. The summed E-state index contributed by atoms with van der Waals surface area (Å²) in [5.74, 6) is 2.71. The predicted octanol–water partition coefficient (Wildman–Crippen LogP) is 1.98. The van der Waals surface area contributed by atoms with Gasteiger partial charge in [0.15, 0.2) is 0 Å². The topological polar surface area (TPSA) is 45.2 Å². The third-order valence-corrected chi connectivity index (χ3v) is 4.64. The first-order valence-electron chi connectivity index (χ1n) is 7.61. The van der Waals surface area contributed by atoms with E-state index >= 15 is 0 Å². The van der Waals surface area contributed by atoms with Crippen LogP contribution in [-0.4, -0.2) is 40.6 Å². The zero-order chi connectivity index (χ0) is 14.1. The second kappa shape index (κ2) is 5.31. The molecule has 5 nitrogen and oxygen atoms in total. The van der Waals surface area contributed by atoms with Gasteiger partial charge in [0.1, 0.15) is 5.82 Å². The van der Waals surface area contributed by atoms with Crippen LogP contribution in [0.5, 0.6) is 0 Å². The Balaban J connectivity index is 1.56. The molecule has 108 valence electrons. The smallest absolute Gasteiger partial charge is 0.225 e. The molecule has 4 heterocycles. The van der Waals surface area contributed by atoms with Crippen molar-refractivity contribution in [2.45, 2.75) is 18.9 Å². The first kappa shape index (κ1) is 12.6. The van der Waals surface area contributed by atoms with Gasteiger partial charge in [-0.25, -0.2) is 15.0 Å². The van der Waals surface area contributed by atoms with E-state index in [0.717, 1.165) is 37.3 Å². The largest absolute Gasteiger partial charge is 0.355 e. The van der Waals surface area contributed by atoms with Crippen LogP contribution in [0, 0.1) is 5.92 Å². The minimum Gasteiger partial charge on any atom is -0.355 e. The Bertz CT molecular complexity index is 588. The van der Waals surface area contributed by atoms with Gasteiger partial charge in [-0.2, -0.15) is 0 Å². The van der Waals surface area contributed by atoms with Crippen molar-refractivity contribution in [1.29, 1.82) is 0 Å². The maximum atomic E-state index is 4.49. The van der Waals surface area contributed by atoms with Gasteiger partial charge in [-0.1, -0.05) is 6.07 Å². The molecule has 0 radical (unpaired) electrons. The van der Waals surface area contributed by atoms with Crippen LogP contribution in [0.3, 0.4) is 0 Å². The molecular weight excluding hydrogens is 262 g/mol. The molecule has 0 aliphatic carbocycles. The van der Waals surface area contributed by atoms with Gasteiger partial charge in [-0.15, -0.1) is 0 Å². The monoisotopic (exact) mass is 281 g/mol. The summed E-state index contributed by atoms with van der Waals surface area (Å²) in [5.41, 5.74) is 0. The summed E-state index contributed by atoms with van der Waals surface area (Å²) in [6, 6.07) is 8.50. The summed E-state index contributed by atoms with van der Waals surface area (Å²) in [7, 11) is 0. The molecular formula is C16H19N5. The van der Waals surface area contributed by atoms with Crippen LogP contribution in [0.25, 0.3) is 0 Å². The van der Waals surface area contributed by atoms with E-state index in [1.807, 2.05) is 30.7 Å². The van der Waals surface area contributed by atoms with Crippen molar-refractivity contribution < 1.29 is 0 Å². The molecule has 2 aromatic rings. The SMILES string of the molecule is c1ccc(N2CCC3CCN(c4ncccn4)C3C2)nc1. The van der Waals surface area contributed by atoms with Crippen LogP contribution >= 0.6 is 0 Å². The molecule has 4 rings (SSSR count). The Labute approximate surface area is 124 Å². The van der Waals surface area contributed by atoms with Gasteiger partial charge >= 0.3 is 0 Å². The maximum absolute atomic E-state index is 4.49. The molecule has 0 amide bonds. The van der Waals surface area contributed by atoms with E-state index < -0.39 is 0 Å². The zero-order valence-corrected chi connectivity index (χ0v) is 12.0. The Morgan fingerprint density at radius 3 is 2.52 bits per heavy atom. The molecule has 2 saturated heterocycles. The van der Waals surface area contributed by atoms with Crippen molar-refractivity contribution >= 4 is 11.8 Å². The number of rotatable bonds is 2. The number of piperidine rings is 1. The van der Waals surface area contributed by atoms with Gasteiger partial charge in [-0.3, -0.25) is 0 Å². The van der Waals surface area contributed by atoms with E-state index in [1.165, 1.54) is 12.8 Å². The molecule has 0 aromatic carbocycles. The van der Waals surface area contributed by atoms with Crippen LogP contribution in [0.2, 0.25) is 0 Å². The molecule has 0 N–H and O–H groups in total. The predicted molar refractivity (Wildman–Crippen MR) is 82.3 cm³/mol.